The number of rotatable bonds is 12. The van der Waals surface area contributed by atoms with Gasteiger partial charge in [-0.05, 0) is 60.6 Å². The first-order chi connectivity index (χ1) is 15.2. The molecule has 0 amide bonds. The summed E-state index contributed by atoms with van der Waals surface area (Å²) in [6.07, 6.45) is 14.1. The van der Waals surface area contributed by atoms with E-state index >= 15 is 0 Å². The van der Waals surface area contributed by atoms with Crippen LogP contribution in [0.5, 0.6) is 0 Å². The van der Waals surface area contributed by atoms with Crippen molar-refractivity contribution >= 4 is 0 Å². The van der Waals surface area contributed by atoms with Crippen LogP contribution >= 0.6 is 0 Å². The van der Waals surface area contributed by atoms with Gasteiger partial charge in [0.05, 0.1) is 5.69 Å². The third-order valence-corrected chi connectivity index (χ3v) is 6.00. The van der Waals surface area contributed by atoms with Crippen LogP contribution < -0.4 is 0 Å². The van der Waals surface area contributed by atoms with Crippen LogP contribution in [-0.4, -0.2) is 4.98 Å². The maximum absolute atomic E-state index is 14.6. The molecule has 0 saturated heterocycles. The van der Waals surface area contributed by atoms with Crippen molar-refractivity contribution < 1.29 is 4.39 Å². The van der Waals surface area contributed by atoms with Crippen molar-refractivity contribution in [2.75, 3.05) is 0 Å². The molecule has 164 valence electrons. The summed E-state index contributed by atoms with van der Waals surface area (Å²) in [6.45, 7) is 4.41. The molecule has 0 saturated carbocycles. The van der Waals surface area contributed by atoms with Gasteiger partial charge in [-0.2, -0.15) is 0 Å². The molecule has 0 bridgehead atoms. The van der Waals surface area contributed by atoms with Gasteiger partial charge in [-0.25, -0.2) is 4.39 Å². The third kappa shape index (κ3) is 7.02. The van der Waals surface area contributed by atoms with Crippen LogP contribution in [0.25, 0.3) is 22.4 Å². The Hall–Kier alpha value is -2.48. The van der Waals surface area contributed by atoms with Crippen LogP contribution in [0, 0.1) is 5.82 Å². The van der Waals surface area contributed by atoms with Gasteiger partial charge in [0.25, 0.3) is 0 Å². The molecule has 0 spiro atoms. The van der Waals surface area contributed by atoms with Crippen LogP contribution in [0.3, 0.4) is 0 Å². The zero-order valence-corrected chi connectivity index (χ0v) is 19.2. The fourth-order valence-corrected chi connectivity index (χ4v) is 4.00. The number of hydrogen-bond acceptors (Lipinski definition) is 1. The summed E-state index contributed by atoms with van der Waals surface area (Å²) in [4.78, 5) is 4.55. The number of nitrogens with zero attached hydrogens (tertiary/aromatic N) is 1. The summed E-state index contributed by atoms with van der Waals surface area (Å²) in [5, 5.41) is 0. The molecule has 31 heavy (non-hydrogen) atoms. The predicted octanol–water partition coefficient (Wildman–Crippen LogP) is 8.80. The fourth-order valence-electron chi connectivity index (χ4n) is 4.00. The molecule has 2 aromatic carbocycles. The third-order valence-electron chi connectivity index (χ3n) is 6.00. The number of hydrogen-bond donors (Lipinski definition) is 0. The van der Waals surface area contributed by atoms with Crippen LogP contribution in [0.2, 0.25) is 0 Å². The van der Waals surface area contributed by atoms with Crippen molar-refractivity contribution in [2.24, 2.45) is 0 Å². The summed E-state index contributed by atoms with van der Waals surface area (Å²) in [6, 6.07) is 18.3. The molecular weight excluding hydrogens is 381 g/mol. The fraction of sp³-hybridized carbons (Fsp3) is 0.414. The minimum atomic E-state index is -0.187. The molecule has 0 atom stereocenters. The molecular formula is C29H36FN. The second-order valence-electron chi connectivity index (χ2n) is 8.56. The lowest BCUT2D eigenvalue weighted by Gasteiger charge is -2.08. The van der Waals surface area contributed by atoms with Crippen molar-refractivity contribution in [1.29, 1.82) is 0 Å². The smallest absolute Gasteiger partial charge is 0.132 e. The average molecular weight is 418 g/mol. The molecule has 1 nitrogen and oxygen atoms in total. The molecule has 2 heteroatoms. The van der Waals surface area contributed by atoms with E-state index in [0.717, 1.165) is 42.4 Å². The van der Waals surface area contributed by atoms with Gasteiger partial charge in [-0.3, -0.25) is 4.98 Å². The van der Waals surface area contributed by atoms with E-state index in [4.69, 9.17) is 0 Å². The minimum Gasteiger partial charge on any atom is -0.256 e. The largest absolute Gasteiger partial charge is 0.256 e. The Morgan fingerprint density at radius 2 is 1.29 bits per heavy atom. The molecule has 0 fully saturated rings. The van der Waals surface area contributed by atoms with Gasteiger partial charge in [-0.15, -0.1) is 0 Å². The minimum absolute atomic E-state index is 0.187. The first-order valence-electron chi connectivity index (χ1n) is 12.1. The Morgan fingerprint density at radius 3 is 1.97 bits per heavy atom. The normalized spacial score (nSPS) is 11.1. The molecule has 3 aromatic rings. The highest BCUT2D eigenvalue weighted by Crippen LogP contribution is 2.26. The summed E-state index contributed by atoms with van der Waals surface area (Å²) < 4.78 is 14.6. The molecule has 0 aliphatic carbocycles. The van der Waals surface area contributed by atoms with Gasteiger partial charge in [0.15, 0.2) is 0 Å². The first kappa shape index (κ1) is 23.2. The molecule has 0 radical (unpaired) electrons. The molecule has 0 aliphatic rings. The topological polar surface area (TPSA) is 12.9 Å². The number of pyridine rings is 1. The summed E-state index contributed by atoms with van der Waals surface area (Å²) in [5.41, 5.74) is 5.93. The van der Waals surface area contributed by atoms with Crippen molar-refractivity contribution in [1.82, 2.24) is 4.98 Å². The maximum atomic E-state index is 14.6. The van der Waals surface area contributed by atoms with Crippen molar-refractivity contribution in [3.63, 3.8) is 0 Å². The lowest BCUT2D eigenvalue weighted by Crippen LogP contribution is -1.92. The van der Waals surface area contributed by atoms with E-state index in [-0.39, 0.29) is 5.82 Å². The van der Waals surface area contributed by atoms with Gasteiger partial charge in [0, 0.05) is 17.3 Å². The van der Waals surface area contributed by atoms with Gasteiger partial charge in [-0.1, -0.05) is 88.8 Å². The second-order valence-corrected chi connectivity index (χ2v) is 8.56. The van der Waals surface area contributed by atoms with Gasteiger partial charge >= 0.3 is 0 Å². The van der Waals surface area contributed by atoms with Crippen molar-refractivity contribution in [2.45, 2.75) is 78.1 Å². The quantitative estimate of drug-likeness (QED) is 0.268. The monoisotopic (exact) mass is 417 g/mol. The van der Waals surface area contributed by atoms with Crippen LogP contribution in [0.4, 0.5) is 4.39 Å². The Bertz CT molecular complexity index is 912. The second kappa shape index (κ2) is 12.4. The Labute approximate surface area is 187 Å². The molecule has 0 aliphatic heterocycles. The van der Waals surface area contributed by atoms with Crippen LogP contribution in [0.15, 0.2) is 60.8 Å². The number of aryl methyl sites for hydroxylation is 2. The van der Waals surface area contributed by atoms with E-state index in [1.807, 2.05) is 30.5 Å². The lowest BCUT2D eigenvalue weighted by molar-refractivity contribution is 0.607. The zero-order chi connectivity index (χ0) is 21.9. The highest BCUT2D eigenvalue weighted by Gasteiger charge is 2.08. The van der Waals surface area contributed by atoms with E-state index in [1.165, 1.54) is 44.1 Å². The predicted molar refractivity (Wildman–Crippen MR) is 131 cm³/mol. The average Bonchev–Trinajstić information content (AvgIpc) is 2.81. The van der Waals surface area contributed by atoms with Crippen LogP contribution in [-0.2, 0) is 12.8 Å². The zero-order valence-electron chi connectivity index (χ0n) is 19.2. The summed E-state index contributed by atoms with van der Waals surface area (Å²) in [5.74, 6) is -0.187. The highest BCUT2D eigenvalue weighted by atomic mass is 19.1. The van der Waals surface area contributed by atoms with Crippen molar-refractivity contribution in [3.05, 3.63) is 77.7 Å². The lowest BCUT2D eigenvalue weighted by atomic mass is 10.0. The van der Waals surface area contributed by atoms with Gasteiger partial charge in [0.2, 0.25) is 0 Å². The number of aromatic nitrogens is 1. The Balaban J connectivity index is 1.58. The summed E-state index contributed by atoms with van der Waals surface area (Å²) >= 11 is 0. The van der Waals surface area contributed by atoms with E-state index in [1.54, 1.807) is 6.07 Å². The standard InChI is InChI=1S/C29H36FN/c1-3-5-7-8-9-10-12-23-13-16-25(17-14-23)26-18-20-29(31-22-26)27-19-15-24(11-6-4-2)21-28(27)30/h13-22H,3-12H2,1-2H3. The van der Waals surface area contributed by atoms with E-state index in [9.17, 15) is 4.39 Å². The first-order valence-corrected chi connectivity index (χ1v) is 12.1. The van der Waals surface area contributed by atoms with Crippen LogP contribution in [0.1, 0.15) is 76.3 Å². The Morgan fingerprint density at radius 1 is 0.645 bits per heavy atom. The summed E-state index contributed by atoms with van der Waals surface area (Å²) in [7, 11) is 0. The SMILES string of the molecule is CCCCCCCCc1ccc(-c2ccc(-c3ccc(CCCC)cc3F)nc2)cc1. The molecule has 1 aromatic heterocycles. The van der Waals surface area contributed by atoms with Crippen molar-refractivity contribution in [3.8, 4) is 22.4 Å². The molecule has 3 rings (SSSR count). The molecule has 0 N–H and O–H groups in total. The number of halogens is 1. The Kier molecular flexibility index (Phi) is 9.27. The van der Waals surface area contributed by atoms with E-state index < -0.39 is 0 Å². The highest BCUT2D eigenvalue weighted by molar-refractivity contribution is 5.67. The van der Waals surface area contributed by atoms with E-state index in [0.29, 0.717) is 11.3 Å². The number of unbranched alkanes of at least 4 members (excludes halogenated alkanes) is 6. The van der Waals surface area contributed by atoms with E-state index in [2.05, 4.69) is 43.1 Å². The van der Waals surface area contributed by atoms with Gasteiger partial charge < -0.3 is 0 Å². The maximum Gasteiger partial charge on any atom is 0.132 e. The van der Waals surface area contributed by atoms with Gasteiger partial charge in [0.1, 0.15) is 5.82 Å². The molecule has 0 unspecified atom stereocenters. The molecule has 1 heterocycles. The number of benzene rings is 2.